The fraction of sp³-hybridized carbons (Fsp3) is 0.286. The van der Waals surface area contributed by atoms with E-state index >= 15 is 0 Å². The molecule has 0 bridgehead atoms. The van der Waals surface area contributed by atoms with E-state index in [1.807, 2.05) is 0 Å². The Labute approximate surface area is 67.8 Å². The zero-order chi connectivity index (χ0) is 8.27. The molecule has 0 saturated carbocycles. The van der Waals surface area contributed by atoms with Gasteiger partial charge in [0.15, 0.2) is 0 Å². The van der Waals surface area contributed by atoms with Crippen molar-refractivity contribution in [1.82, 2.24) is 4.98 Å². The molecule has 11 heavy (non-hydrogen) atoms. The minimum Gasteiger partial charge on any atom is -0.772 e. The van der Waals surface area contributed by atoms with Crippen molar-refractivity contribution >= 4 is 11.1 Å². The monoisotopic (exact) mass is 170 g/mol. The number of aromatic nitrogens is 1. The highest BCUT2D eigenvalue weighted by atomic mass is 32.2. The molecule has 0 spiro atoms. The average molecular weight is 170 g/mol. The van der Waals surface area contributed by atoms with Crippen LogP contribution in [0.2, 0.25) is 0 Å². The smallest absolute Gasteiger partial charge is 0.0452 e. The van der Waals surface area contributed by atoms with Crippen molar-refractivity contribution in [2.75, 3.05) is 0 Å². The van der Waals surface area contributed by atoms with Crippen molar-refractivity contribution in [2.45, 2.75) is 12.2 Å². The van der Waals surface area contributed by atoms with Gasteiger partial charge in [0.2, 0.25) is 0 Å². The van der Waals surface area contributed by atoms with Gasteiger partial charge in [0.1, 0.15) is 0 Å². The second kappa shape index (κ2) is 3.59. The molecule has 0 amide bonds. The van der Waals surface area contributed by atoms with E-state index in [1.165, 1.54) is 0 Å². The molecule has 0 saturated heterocycles. The van der Waals surface area contributed by atoms with Crippen molar-refractivity contribution in [2.24, 2.45) is 0 Å². The summed E-state index contributed by atoms with van der Waals surface area (Å²) in [5.74, 6) is 0. The molecule has 0 aliphatic carbocycles. The summed E-state index contributed by atoms with van der Waals surface area (Å²) in [5.41, 5.74) is 0.723. The second-order valence-corrected chi connectivity index (χ2v) is 3.42. The minimum absolute atomic E-state index is 0.469. The number of rotatable bonds is 2. The van der Waals surface area contributed by atoms with Crippen LogP contribution in [0.5, 0.6) is 0 Å². The summed E-state index contributed by atoms with van der Waals surface area (Å²) in [6.07, 6.45) is 3.17. The molecular weight excluding hydrogens is 162 g/mol. The van der Waals surface area contributed by atoms with Gasteiger partial charge in [-0.15, -0.1) is 0 Å². The van der Waals surface area contributed by atoms with Gasteiger partial charge in [0.25, 0.3) is 0 Å². The van der Waals surface area contributed by atoms with E-state index in [0.717, 1.165) is 5.56 Å². The molecule has 0 N–H and O–H groups in total. The lowest BCUT2D eigenvalue weighted by atomic mass is 10.2. The van der Waals surface area contributed by atoms with Crippen LogP contribution in [0.4, 0.5) is 0 Å². The maximum atomic E-state index is 10.5. The van der Waals surface area contributed by atoms with Gasteiger partial charge in [-0.2, -0.15) is 0 Å². The molecule has 0 aliphatic heterocycles. The fourth-order valence-corrected chi connectivity index (χ4v) is 1.09. The molecule has 1 heterocycles. The third-order valence-corrected chi connectivity index (χ3v) is 2.29. The molecule has 0 fully saturated rings. The Morgan fingerprint density at radius 3 is 2.91 bits per heavy atom. The van der Waals surface area contributed by atoms with Crippen molar-refractivity contribution in [3.63, 3.8) is 0 Å². The Hall–Kier alpha value is -0.740. The summed E-state index contributed by atoms with van der Waals surface area (Å²) in [7, 11) is 0. The van der Waals surface area contributed by atoms with Crippen molar-refractivity contribution in [3.05, 3.63) is 30.1 Å². The molecule has 1 aromatic rings. The van der Waals surface area contributed by atoms with Crippen LogP contribution >= 0.6 is 0 Å². The van der Waals surface area contributed by atoms with E-state index in [4.69, 9.17) is 0 Å². The Balaban J connectivity index is 2.85. The third-order valence-electron chi connectivity index (χ3n) is 1.44. The zero-order valence-corrected chi connectivity index (χ0v) is 6.88. The maximum absolute atomic E-state index is 10.5. The highest BCUT2D eigenvalue weighted by Gasteiger charge is 2.03. The van der Waals surface area contributed by atoms with Crippen LogP contribution in [-0.2, 0) is 11.1 Å². The predicted octanol–water partition coefficient (Wildman–Crippen LogP) is 1.02. The van der Waals surface area contributed by atoms with Crippen LogP contribution in [0.1, 0.15) is 17.7 Å². The first-order chi connectivity index (χ1) is 5.22. The van der Waals surface area contributed by atoms with Crippen LogP contribution in [0.3, 0.4) is 0 Å². The summed E-state index contributed by atoms with van der Waals surface area (Å²) >= 11 is -2.05. The lowest BCUT2D eigenvalue weighted by Gasteiger charge is -2.13. The van der Waals surface area contributed by atoms with Crippen LogP contribution in [0.15, 0.2) is 24.5 Å². The Morgan fingerprint density at radius 2 is 2.45 bits per heavy atom. The summed E-state index contributed by atoms with van der Waals surface area (Å²) in [5, 5.41) is -0.469. The van der Waals surface area contributed by atoms with E-state index < -0.39 is 16.3 Å². The molecule has 4 heteroatoms. The summed E-state index contributed by atoms with van der Waals surface area (Å²) in [6, 6.07) is 3.46. The van der Waals surface area contributed by atoms with Crippen molar-refractivity contribution < 1.29 is 8.76 Å². The minimum atomic E-state index is -2.05. The maximum Gasteiger partial charge on any atom is 0.0452 e. The molecule has 0 aromatic carbocycles. The first kappa shape index (κ1) is 8.36. The van der Waals surface area contributed by atoms with Gasteiger partial charge in [-0.25, -0.2) is 0 Å². The Morgan fingerprint density at radius 1 is 1.73 bits per heavy atom. The standard InChI is InChI=1S/C7H9NO2S/c1-6(11(9)10)7-3-2-4-8-5-7/h2-6H,1H3,(H,9,10)/p-1. The fourth-order valence-electron chi connectivity index (χ4n) is 0.728. The zero-order valence-electron chi connectivity index (χ0n) is 6.06. The van der Waals surface area contributed by atoms with Gasteiger partial charge < -0.3 is 4.55 Å². The average Bonchev–Trinajstić information content (AvgIpc) is 2.05. The molecular formula is C7H8NO2S-. The van der Waals surface area contributed by atoms with Gasteiger partial charge >= 0.3 is 0 Å². The molecule has 60 valence electrons. The van der Waals surface area contributed by atoms with Gasteiger partial charge in [0.05, 0.1) is 0 Å². The summed E-state index contributed by atoms with van der Waals surface area (Å²) in [4.78, 5) is 3.81. The van der Waals surface area contributed by atoms with Crippen LogP contribution in [-0.4, -0.2) is 13.7 Å². The lowest BCUT2D eigenvalue weighted by Crippen LogP contribution is -2.00. The molecule has 2 unspecified atom stereocenters. The van der Waals surface area contributed by atoms with E-state index in [-0.39, 0.29) is 0 Å². The number of hydrogen-bond acceptors (Lipinski definition) is 3. The van der Waals surface area contributed by atoms with Crippen LogP contribution in [0, 0.1) is 0 Å². The SMILES string of the molecule is CC(c1cccnc1)S(=O)[O-]. The molecule has 0 aliphatic rings. The number of pyridine rings is 1. The molecule has 3 nitrogen and oxygen atoms in total. The van der Waals surface area contributed by atoms with E-state index in [0.29, 0.717) is 0 Å². The molecule has 2 atom stereocenters. The van der Waals surface area contributed by atoms with E-state index in [9.17, 15) is 8.76 Å². The van der Waals surface area contributed by atoms with E-state index in [2.05, 4.69) is 4.98 Å². The molecule has 0 radical (unpaired) electrons. The second-order valence-electron chi connectivity index (χ2n) is 2.19. The third kappa shape index (κ3) is 2.10. The van der Waals surface area contributed by atoms with Crippen molar-refractivity contribution in [1.29, 1.82) is 0 Å². The summed E-state index contributed by atoms with van der Waals surface area (Å²) in [6.45, 7) is 1.63. The van der Waals surface area contributed by atoms with Gasteiger partial charge in [-0.3, -0.25) is 9.19 Å². The Kier molecular flexibility index (Phi) is 2.73. The lowest BCUT2D eigenvalue weighted by molar-refractivity contribution is 0.527. The quantitative estimate of drug-likeness (QED) is 0.623. The van der Waals surface area contributed by atoms with Gasteiger partial charge in [-0.05, 0) is 29.6 Å². The summed E-state index contributed by atoms with van der Waals surface area (Å²) < 4.78 is 20.9. The van der Waals surface area contributed by atoms with Gasteiger partial charge in [0, 0.05) is 17.6 Å². The Bertz CT molecular complexity index is 250. The van der Waals surface area contributed by atoms with Gasteiger partial charge in [-0.1, -0.05) is 6.07 Å². The molecule has 1 rings (SSSR count). The first-order valence-corrected chi connectivity index (χ1v) is 4.33. The number of hydrogen-bond donors (Lipinski definition) is 0. The highest BCUT2D eigenvalue weighted by Crippen LogP contribution is 2.15. The number of nitrogens with zero attached hydrogens (tertiary/aromatic N) is 1. The highest BCUT2D eigenvalue weighted by molar-refractivity contribution is 7.79. The largest absolute Gasteiger partial charge is 0.772 e. The molecule has 1 aromatic heterocycles. The normalized spacial score (nSPS) is 15.8. The first-order valence-electron chi connectivity index (χ1n) is 3.20. The van der Waals surface area contributed by atoms with Crippen LogP contribution in [0.25, 0.3) is 0 Å². The van der Waals surface area contributed by atoms with E-state index in [1.54, 1.807) is 31.5 Å². The van der Waals surface area contributed by atoms with Crippen LogP contribution < -0.4 is 0 Å². The van der Waals surface area contributed by atoms with Crippen molar-refractivity contribution in [3.8, 4) is 0 Å². The predicted molar refractivity (Wildman–Crippen MR) is 41.6 cm³/mol. The topological polar surface area (TPSA) is 53.0 Å².